The van der Waals surface area contributed by atoms with Crippen molar-refractivity contribution in [2.75, 3.05) is 6.61 Å². The van der Waals surface area contributed by atoms with Crippen molar-refractivity contribution >= 4 is 12.0 Å². The Balaban J connectivity index is 1.97. The molecule has 0 spiro atoms. The number of esters is 1. The fraction of sp³-hybridized carbons (Fsp3) is 0.250. The van der Waals surface area contributed by atoms with Crippen LogP contribution in [0.5, 0.6) is 0 Å². The normalized spacial score (nSPS) is 17.2. The van der Waals surface area contributed by atoms with Gasteiger partial charge in [0.1, 0.15) is 11.7 Å². The Morgan fingerprint density at radius 2 is 2.08 bits per heavy atom. The van der Waals surface area contributed by atoms with E-state index in [9.17, 15) is 9.59 Å². The van der Waals surface area contributed by atoms with E-state index >= 15 is 0 Å². The van der Waals surface area contributed by atoms with Gasteiger partial charge in [0.15, 0.2) is 0 Å². The van der Waals surface area contributed by atoms with Crippen molar-refractivity contribution in [1.82, 2.24) is 25.6 Å². The lowest BCUT2D eigenvalue weighted by Crippen LogP contribution is -2.45. The Kier molecular flexibility index (Phi) is 4.28. The predicted octanol–water partition coefficient (Wildman–Crippen LogP) is 1.46. The van der Waals surface area contributed by atoms with Crippen LogP contribution in [0.4, 0.5) is 4.79 Å². The molecule has 0 radical (unpaired) electrons. The molecule has 0 saturated heterocycles. The van der Waals surface area contributed by atoms with Crippen molar-refractivity contribution in [1.29, 1.82) is 0 Å². The number of hydrogen-bond donors (Lipinski definition) is 2. The number of hydrogen-bond acceptors (Lipinski definition) is 5. The summed E-state index contributed by atoms with van der Waals surface area (Å²) in [6, 6.07) is 8.32. The first kappa shape index (κ1) is 15.7. The summed E-state index contributed by atoms with van der Waals surface area (Å²) in [5.41, 5.74) is 2.04. The minimum Gasteiger partial charge on any atom is -0.463 e. The molecule has 1 aliphatic rings. The van der Waals surface area contributed by atoms with Gasteiger partial charge in [-0.05, 0) is 26.0 Å². The van der Waals surface area contributed by atoms with Gasteiger partial charge < -0.3 is 15.4 Å². The Morgan fingerprint density at radius 3 is 2.79 bits per heavy atom. The highest BCUT2D eigenvalue weighted by Crippen LogP contribution is 2.26. The molecule has 8 heteroatoms. The number of amides is 2. The van der Waals surface area contributed by atoms with E-state index in [1.807, 2.05) is 30.3 Å². The van der Waals surface area contributed by atoms with Crippen molar-refractivity contribution in [3.8, 4) is 5.69 Å². The zero-order chi connectivity index (χ0) is 17.1. The zero-order valence-electron chi connectivity index (χ0n) is 13.3. The molecule has 124 valence electrons. The van der Waals surface area contributed by atoms with E-state index in [1.165, 1.54) is 0 Å². The summed E-state index contributed by atoms with van der Waals surface area (Å²) in [5, 5.41) is 13.5. The van der Waals surface area contributed by atoms with Gasteiger partial charge in [-0.15, -0.1) is 5.10 Å². The lowest BCUT2D eigenvalue weighted by atomic mass is 10.0. The first-order valence-corrected chi connectivity index (χ1v) is 7.53. The van der Waals surface area contributed by atoms with Crippen LogP contribution in [0.1, 0.15) is 25.6 Å². The molecule has 2 amide bonds. The molecule has 24 heavy (non-hydrogen) atoms. The Bertz CT molecular complexity index is 797. The molecule has 8 nitrogen and oxygen atoms in total. The maximum Gasteiger partial charge on any atom is 0.338 e. The monoisotopic (exact) mass is 327 g/mol. The van der Waals surface area contributed by atoms with Crippen LogP contribution in [-0.4, -0.2) is 33.6 Å². The van der Waals surface area contributed by atoms with Crippen molar-refractivity contribution in [3.05, 3.63) is 53.5 Å². The van der Waals surface area contributed by atoms with E-state index in [4.69, 9.17) is 4.74 Å². The molecule has 2 heterocycles. The van der Waals surface area contributed by atoms with Gasteiger partial charge in [0.25, 0.3) is 0 Å². The van der Waals surface area contributed by atoms with Crippen LogP contribution in [0.3, 0.4) is 0 Å². The fourth-order valence-electron chi connectivity index (χ4n) is 2.51. The van der Waals surface area contributed by atoms with Crippen molar-refractivity contribution in [2.45, 2.75) is 19.9 Å². The minimum absolute atomic E-state index is 0.243. The largest absolute Gasteiger partial charge is 0.463 e. The van der Waals surface area contributed by atoms with Gasteiger partial charge in [0.2, 0.25) is 0 Å². The van der Waals surface area contributed by atoms with Crippen molar-refractivity contribution < 1.29 is 14.3 Å². The number of allylic oxidation sites excluding steroid dienone is 1. The van der Waals surface area contributed by atoms with Gasteiger partial charge in [-0.1, -0.05) is 23.4 Å². The molecule has 0 saturated carbocycles. The SMILES string of the molecule is CCOC(=O)C1=C(C)NC(=O)NC1c1cn(-c2ccccc2)nn1. The number of para-hydroxylation sites is 1. The summed E-state index contributed by atoms with van der Waals surface area (Å²) in [5.74, 6) is -0.498. The highest BCUT2D eigenvalue weighted by molar-refractivity contribution is 5.94. The third-order valence-corrected chi connectivity index (χ3v) is 3.59. The Hall–Kier alpha value is -3.16. The second kappa shape index (κ2) is 6.53. The average molecular weight is 327 g/mol. The van der Waals surface area contributed by atoms with Gasteiger partial charge in [-0.2, -0.15) is 0 Å². The third kappa shape index (κ3) is 2.98. The van der Waals surface area contributed by atoms with E-state index < -0.39 is 18.0 Å². The van der Waals surface area contributed by atoms with E-state index in [0.717, 1.165) is 5.69 Å². The van der Waals surface area contributed by atoms with Crippen LogP contribution in [-0.2, 0) is 9.53 Å². The summed E-state index contributed by atoms with van der Waals surface area (Å²) in [7, 11) is 0. The number of nitrogens with one attached hydrogen (secondary N) is 2. The van der Waals surface area contributed by atoms with Crippen LogP contribution < -0.4 is 10.6 Å². The summed E-state index contributed by atoms with van der Waals surface area (Å²) >= 11 is 0. The summed E-state index contributed by atoms with van der Waals surface area (Å²) in [6.45, 7) is 3.62. The number of benzene rings is 1. The number of carbonyl (C=O) groups excluding carboxylic acids is 2. The van der Waals surface area contributed by atoms with E-state index in [1.54, 1.807) is 24.7 Å². The second-order valence-corrected chi connectivity index (χ2v) is 5.21. The molecule has 3 rings (SSSR count). The first-order valence-electron chi connectivity index (χ1n) is 7.53. The molecule has 1 aliphatic heterocycles. The molecular formula is C16H17N5O3. The van der Waals surface area contributed by atoms with Crippen molar-refractivity contribution in [3.63, 3.8) is 0 Å². The summed E-state index contributed by atoms with van der Waals surface area (Å²) in [6.07, 6.45) is 1.68. The van der Waals surface area contributed by atoms with Crippen LogP contribution in [0, 0.1) is 0 Å². The van der Waals surface area contributed by atoms with Crippen LogP contribution in [0.25, 0.3) is 5.69 Å². The van der Waals surface area contributed by atoms with E-state index in [2.05, 4.69) is 20.9 Å². The molecule has 0 fully saturated rings. The molecule has 1 aromatic carbocycles. The number of nitrogens with zero attached hydrogens (tertiary/aromatic N) is 3. The smallest absolute Gasteiger partial charge is 0.338 e. The molecule has 1 unspecified atom stereocenters. The van der Waals surface area contributed by atoms with Crippen LogP contribution >= 0.6 is 0 Å². The molecule has 0 bridgehead atoms. The van der Waals surface area contributed by atoms with Crippen LogP contribution in [0.15, 0.2) is 47.8 Å². The second-order valence-electron chi connectivity index (χ2n) is 5.21. The summed E-state index contributed by atoms with van der Waals surface area (Å²) < 4.78 is 6.67. The number of carbonyl (C=O) groups is 2. The molecule has 2 aromatic rings. The quantitative estimate of drug-likeness (QED) is 0.829. The van der Waals surface area contributed by atoms with Crippen LogP contribution in [0.2, 0.25) is 0 Å². The van der Waals surface area contributed by atoms with Gasteiger partial charge in [0.05, 0.1) is 24.1 Å². The lowest BCUT2D eigenvalue weighted by Gasteiger charge is -2.26. The van der Waals surface area contributed by atoms with Gasteiger partial charge in [-0.3, -0.25) is 0 Å². The molecule has 1 atom stereocenters. The van der Waals surface area contributed by atoms with Gasteiger partial charge in [-0.25, -0.2) is 14.3 Å². The maximum absolute atomic E-state index is 12.2. The highest BCUT2D eigenvalue weighted by Gasteiger charge is 2.34. The first-order chi connectivity index (χ1) is 11.6. The lowest BCUT2D eigenvalue weighted by molar-refractivity contribution is -0.139. The van der Waals surface area contributed by atoms with Crippen molar-refractivity contribution in [2.24, 2.45) is 0 Å². The number of ether oxygens (including phenoxy) is 1. The zero-order valence-corrected chi connectivity index (χ0v) is 13.3. The van der Waals surface area contributed by atoms with E-state index in [-0.39, 0.29) is 6.61 Å². The highest BCUT2D eigenvalue weighted by atomic mass is 16.5. The maximum atomic E-state index is 12.2. The Morgan fingerprint density at radius 1 is 1.33 bits per heavy atom. The Labute approximate surface area is 138 Å². The number of urea groups is 1. The number of rotatable bonds is 4. The number of aromatic nitrogens is 3. The minimum atomic E-state index is -0.713. The fourth-order valence-corrected chi connectivity index (χ4v) is 2.51. The van der Waals surface area contributed by atoms with Gasteiger partial charge in [0, 0.05) is 5.70 Å². The van der Waals surface area contributed by atoms with Gasteiger partial charge >= 0.3 is 12.0 Å². The molecular weight excluding hydrogens is 310 g/mol. The molecule has 1 aromatic heterocycles. The predicted molar refractivity (Wildman–Crippen MR) is 85.1 cm³/mol. The molecule has 2 N–H and O–H groups in total. The molecule has 0 aliphatic carbocycles. The standard InChI is InChI=1S/C16H17N5O3/c1-3-24-15(22)13-10(2)17-16(23)18-14(13)12-9-21(20-19-12)11-7-5-4-6-8-11/h4-9,14H,3H2,1-2H3,(H2,17,18,23). The average Bonchev–Trinajstić information content (AvgIpc) is 3.05. The summed E-state index contributed by atoms with van der Waals surface area (Å²) in [4.78, 5) is 24.0. The third-order valence-electron chi connectivity index (χ3n) is 3.59. The topological polar surface area (TPSA) is 98.1 Å². The van der Waals surface area contributed by atoms with E-state index in [0.29, 0.717) is 17.0 Å².